The Kier molecular flexibility index (Phi) is 3.24. The molecule has 0 aromatic heterocycles. The third-order valence-electron chi connectivity index (χ3n) is 4.99. The number of hydrogen-bond donors (Lipinski definition) is 0. The minimum atomic E-state index is -1.54. The number of rotatable bonds is 0. The first-order chi connectivity index (χ1) is 11.0. The van der Waals surface area contributed by atoms with Crippen LogP contribution in [0.4, 0.5) is 9.59 Å². The second-order valence-electron chi connectivity index (χ2n) is 6.67. The second kappa shape index (κ2) is 4.67. The molecule has 4 atom stereocenters. The maximum Gasteiger partial charge on any atom is 0.328 e. The predicted octanol–water partition coefficient (Wildman–Crippen LogP) is -0.750. The van der Waals surface area contributed by atoms with Gasteiger partial charge in [-0.1, -0.05) is 0 Å². The molecule has 6 amide bonds. The maximum atomic E-state index is 12.6. The van der Waals surface area contributed by atoms with Crippen LogP contribution in [0.1, 0.15) is 13.8 Å². The number of fused-ring (bicyclic) bond motifs is 2. The van der Waals surface area contributed by atoms with Crippen molar-refractivity contribution in [2.24, 2.45) is 0 Å². The number of amides is 6. The van der Waals surface area contributed by atoms with E-state index in [-0.39, 0.29) is 0 Å². The molecular weight excluding hydrogens is 320 g/mol. The maximum absolute atomic E-state index is 12.6. The van der Waals surface area contributed by atoms with Crippen molar-refractivity contribution < 1.29 is 28.7 Å². The number of carbonyl (C=O) groups excluding carboxylic acids is 4. The Bertz CT molecular complexity index is 612. The molecule has 24 heavy (non-hydrogen) atoms. The Labute approximate surface area is 138 Å². The lowest BCUT2D eigenvalue weighted by Gasteiger charge is -2.59. The van der Waals surface area contributed by atoms with Gasteiger partial charge >= 0.3 is 12.1 Å². The van der Waals surface area contributed by atoms with Crippen molar-refractivity contribution in [1.82, 2.24) is 19.6 Å². The van der Waals surface area contributed by atoms with Crippen LogP contribution in [0.25, 0.3) is 0 Å². The number of likely N-dealkylation sites (N-methyl/N-ethyl adjacent to an activating group) is 4. The zero-order valence-corrected chi connectivity index (χ0v) is 14.4. The summed E-state index contributed by atoms with van der Waals surface area (Å²) < 4.78 is 11.9. The third-order valence-corrected chi connectivity index (χ3v) is 4.99. The largest absolute Gasteiger partial charge is 0.334 e. The molecule has 10 nitrogen and oxygen atoms in total. The highest BCUT2D eigenvalue weighted by molar-refractivity contribution is 6.04. The van der Waals surface area contributed by atoms with Crippen LogP contribution < -0.4 is 0 Å². The van der Waals surface area contributed by atoms with Crippen LogP contribution in [0, 0.1) is 0 Å². The fourth-order valence-corrected chi connectivity index (χ4v) is 3.53. The molecule has 3 aliphatic rings. The fraction of sp³-hybridized carbons (Fsp3) is 0.714. The first kappa shape index (κ1) is 16.7. The van der Waals surface area contributed by atoms with Crippen LogP contribution in [0.15, 0.2) is 0 Å². The van der Waals surface area contributed by atoms with Crippen molar-refractivity contribution >= 4 is 23.9 Å². The van der Waals surface area contributed by atoms with E-state index >= 15 is 0 Å². The van der Waals surface area contributed by atoms with E-state index in [1.807, 2.05) is 0 Å². The van der Waals surface area contributed by atoms with Crippen LogP contribution in [0.5, 0.6) is 0 Å². The smallest absolute Gasteiger partial charge is 0.328 e. The lowest BCUT2D eigenvalue weighted by atomic mass is 9.90. The van der Waals surface area contributed by atoms with Crippen LogP contribution in [-0.4, -0.2) is 95.3 Å². The van der Waals surface area contributed by atoms with Crippen molar-refractivity contribution in [3.05, 3.63) is 0 Å². The average Bonchev–Trinajstić information content (AvgIpc) is 2.56. The van der Waals surface area contributed by atoms with Gasteiger partial charge in [0, 0.05) is 28.2 Å². The minimum Gasteiger partial charge on any atom is -0.334 e. The molecular formula is C14H20N4O6. The predicted molar refractivity (Wildman–Crippen MR) is 78.4 cm³/mol. The monoisotopic (exact) mass is 340 g/mol. The molecule has 0 aliphatic carbocycles. The normalized spacial score (nSPS) is 40.1. The molecule has 0 aromatic carbocycles. The lowest BCUT2D eigenvalue weighted by molar-refractivity contribution is -0.338. The van der Waals surface area contributed by atoms with Crippen LogP contribution >= 0.6 is 0 Å². The molecule has 132 valence electrons. The van der Waals surface area contributed by atoms with Crippen molar-refractivity contribution in [3.8, 4) is 0 Å². The lowest BCUT2D eigenvalue weighted by Crippen LogP contribution is -2.81. The summed E-state index contributed by atoms with van der Waals surface area (Å²) in [6.45, 7) is 2.97. The summed E-state index contributed by atoms with van der Waals surface area (Å²) in [6.07, 6.45) is -2.18. The van der Waals surface area contributed by atoms with Crippen LogP contribution in [0.2, 0.25) is 0 Å². The van der Waals surface area contributed by atoms with Gasteiger partial charge in [0.05, 0.1) is 0 Å². The molecule has 3 rings (SSSR count). The summed E-state index contributed by atoms with van der Waals surface area (Å²) >= 11 is 0. The Hall–Kier alpha value is -2.20. The second-order valence-corrected chi connectivity index (χ2v) is 6.67. The van der Waals surface area contributed by atoms with Gasteiger partial charge in [0.25, 0.3) is 11.8 Å². The Morgan fingerprint density at radius 2 is 1.00 bits per heavy atom. The van der Waals surface area contributed by atoms with Crippen molar-refractivity contribution in [2.45, 2.75) is 37.5 Å². The molecule has 3 saturated heterocycles. The quantitative estimate of drug-likeness (QED) is 0.575. The molecule has 0 radical (unpaired) electrons. The van der Waals surface area contributed by atoms with E-state index in [1.54, 1.807) is 0 Å². The summed E-state index contributed by atoms with van der Waals surface area (Å²) in [6, 6.07) is -1.12. The van der Waals surface area contributed by atoms with Crippen molar-refractivity contribution in [2.75, 3.05) is 28.2 Å². The summed E-state index contributed by atoms with van der Waals surface area (Å²) in [5.41, 5.74) is -3.07. The van der Waals surface area contributed by atoms with Gasteiger partial charge in [-0.3, -0.25) is 29.2 Å². The zero-order chi connectivity index (χ0) is 18.2. The summed E-state index contributed by atoms with van der Waals surface area (Å²) in [5.74, 6) is -1.19. The zero-order valence-electron chi connectivity index (χ0n) is 14.4. The first-order valence-corrected chi connectivity index (χ1v) is 7.42. The molecule has 10 heteroatoms. The van der Waals surface area contributed by atoms with E-state index in [2.05, 4.69) is 0 Å². The molecule has 0 bridgehead atoms. The highest BCUT2D eigenvalue weighted by atomic mass is 16.6. The molecule has 0 unspecified atom stereocenters. The first-order valence-electron chi connectivity index (χ1n) is 7.42. The number of hydrogen-bond acceptors (Lipinski definition) is 6. The summed E-state index contributed by atoms with van der Waals surface area (Å²) in [7, 11) is 5.61. The molecule has 0 N–H and O–H groups in total. The third kappa shape index (κ3) is 1.72. The van der Waals surface area contributed by atoms with Gasteiger partial charge in [0.1, 0.15) is 0 Å². The number of ether oxygens (including phenoxy) is 2. The van der Waals surface area contributed by atoms with Gasteiger partial charge in [-0.25, -0.2) is 9.59 Å². The minimum absolute atomic E-state index is 0.561. The Morgan fingerprint density at radius 1 is 0.708 bits per heavy atom. The Morgan fingerprint density at radius 3 is 1.29 bits per heavy atom. The number of urea groups is 2. The molecule has 0 saturated carbocycles. The molecule has 0 aromatic rings. The molecule has 3 aliphatic heterocycles. The Balaban J connectivity index is 2.09. The average molecular weight is 340 g/mol. The van der Waals surface area contributed by atoms with Gasteiger partial charge in [0.2, 0.25) is 0 Å². The van der Waals surface area contributed by atoms with E-state index in [0.717, 1.165) is 9.80 Å². The highest BCUT2D eigenvalue weighted by Gasteiger charge is 2.68. The number of imide groups is 2. The molecule has 3 heterocycles. The fourth-order valence-electron chi connectivity index (χ4n) is 3.53. The van der Waals surface area contributed by atoms with E-state index in [1.165, 1.54) is 51.8 Å². The topological polar surface area (TPSA) is 99.7 Å². The van der Waals surface area contributed by atoms with E-state index in [0.29, 0.717) is 0 Å². The van der Waals surface area contributed by atoms with Crippen LogP contribution in [-0.2, 0) is 19.1 Å². The van der Waals surface area contributed by atoms with Gasteiger partial charge < -0.3 is 9.47 Å². The molecule has 0 spiro atoms. The van der Waals surface area contributed by atoms with E-state index < -0.39 is 47.5 Å². The van der Waals surface area contributed by atoms with Gasteiger partial charge in [-0.2, -0.15) is 0 Å². The standard InChI is InChI=1S/C14H20N4O6/c1-13-7(19)15(3)11(21)17(5)9(13)24-14(2)8(20)16(4)12(22)18(6)10(14)23-13/h9-10H,1-6H3/t9-,10+,13-,14+. The SMILES string of the molecule is CN1C(=O)N(C)[C@H]2O[C@]3(C)C(=O)N(C)C(=O)N(C)[C@@H]3O[C@@]2(C)C1=O. The van der Waals surface area contributed by atoms with Gasteiger partial charge in [-0.15, -0.1) is 0 Å². The van der Waals surface area contributed by atoms with Gasteiger partial charge in [0.15, 0.2) is 23.7 Å². The highest BCUT2D eigenvalue weighted by Crippen LogP contribution is 2.43. The van der Waals surface area contributed by atoms with Gasteiger partial charge in [-0.05, 0) is 13.8 Å². The van der Waals surface area contributed by atoms with Crippen molar-refractivity contribution in [1.29, 1.82) is 0 Å². The van der Waals surface area contributed by atoms with E-state index in [4.69, 9.17) is 9.47 Å². The number of nitrogens with zero attached hydrogens (tertiary/aromatic N) is 4. The van der Waals surface area contributed by atoms with Crippen molar-refractivity contribution in [3.63, 3.8) is 0 Å². The summed E-state index contributed by atoms with van der Waals surface area (Å²) in [5, 5.41) is 0. The number of carbonyl (C=O) groups is 4. The van der Waals surface area contributed by atoms with Crippen LogP contribution in [0.3, 0.4) is 0 Å². The summed E-state index contributed by atoms with van der Waals surface area (Å²) in [4.78, 5) is 53.9. The molecule has 3 fully saturated rings. The van der Waals surface area contributed by atoms with E-state index in [9.17, 15) is 19.2 Å².